The van der Waals surface area contributed by atoms with Crippen molar-refractivity contribution in [3.05, 3.63) is 30.3 Å². The molecule has 0 aliphatic rings. The van der Waals surface area contributed by atoms with Crippen LogP contribution in [0.4, 0.5) is 0 Å². The quantitative estimate of drug-likeness (QED) is 0.750. The standard InChI is InChI=1S/C13H19NO3S2/c1-11(10-19(3,16)17)14(2)13(15)9-18-12-7-5-4-6-8-12/h4-8,11H,9-10H2,1-3H3/t11-/m1/s1. The summed E-state index contributed by atoms with van der Waals surface area (Å²) in [6, 6.07) is 9.34. The number of carbonyl (C=O) groups is 1. The molecule has 1 atom stereocenters. The molecule has 1 rings (SSSR count). The Balaban J connectivity index is 2.49. The average Bonchev–Trinajstić information content (AvgIpc) is 2.34. The zero-order valence-corrected chi connectivity index (χ0v) is 13.0. The average molecular weight is 301 g/mol. The molecule has 0 spiro atoms. The summed E-state index contributed by atoms with van der Waals surface area (Å²) in [7, 11) is -1.43. The van der Waals surface area contributed by atoms with E-state index in [1.54, 1.807) is 14.0 Å². The number of benzene rings is 1. The van der Waals surface area contributed by atoms with Gasteiger partial charge in [0.05, 0.1) is 11.5 Å². The first-order chi connectivity index (χ1) is 8.79. The van der Waals surface area contributed by atoms with E-state index in [2.05, 4.69) is 0 Å². The van der Waals surface area contributed by atoms with Gasteiger partial charge in [-0.15, -0.1) is 11.8 Å². The van der Waals surface area contributed by atoms with Crippen molar-refractivity contribution in [2.45, 2.75) is 17.9 Å². The van der Waals surface area contributed by atoms with Crippen LogP contribution in [0.1, 0.15) is 6.92 Å². The Morgan fingerprint density at radius 2 is 1.89 bits per heavy atom. The van der Waals surface area contributed by atoms with Crippen molar-refractivity contribution in [2.24, 2.45) is 0 Å². The Hall–Kier alpha value is -1.01. The molecule has 106 valence electrons. The molecule has 0 N–H and O–H groups in total. The van der Waals surface area contributed by atoms with E-state index in [0.717, 1.165) is 4.90 Å². The van der Waals surface area contributed by atoms with Gasteiger partial charge in [0, 0.05) is 24.2 Å². The maximum atomic E-state index is 12.0. The molecule has 0 saturated carbocycles. The first kappa shape index (κ1) is 16.0. The Kier molecular flexibility index (Phi) is 5.87. The lowest BCUT2D eigenvalue weighted by Gasteiger charge is -2.24. The summed E-state index contributed by atoms with van der Waals surface area (Å²) >= 11 is 1.45. The van der Waals surface area contributed by atoms with Gasteiger partial charge in [0.25, 0.3) is 0 Å². The molecule has 0 saturated heterocycles. The number of hydrogen-bond donors (Lipinski definition) is 0. The minimum Gasteiger partial charge on any atom is -0.341 e. The number of sulfone groups is 1. The molecule has 1 amide bonds. The SMILES string of the molecule is C[C@H](CS(C)(=O)=O)N(C)C(=O)CSc1ccccc1. The summed E-state index contributed by atoms with van der Waals surface area (Å²) in [5.41, 5.74) is 0. The number of rotatable bonds is 6. The van der Waals surface area contributed by atoms with Crippen LogP contribution in [0.15, 0.2) is 35.2 Å². The highest BCUT2D eigenvalue weighted by Crippen LogP contribution is 2.17. The van der Waals surface area contributed by atoms with Crippen molar-refractivity contribution in [1.29, 1.82) is 0 Å². The number of amides is 1. The summed E-state index contributed by atoms with van der Waals surface area (Å²) in [5, 5.41) is 0. The van der Waals surface area contributed by atoms with Gasteiger partial charge in [-0.2, -0.15) is 0 Å². The second-order valence-electron chi connectivity index (χ2n) is 4.55. The van der Waals surface area contributed by atoms with E-state index in [0.29, 0.717) is 5.75 Å². The molecule has 0 aliphatic carbocycles. The smallest absolute Gasteiger partial charge is 0.232 e. The van der Waals surface area contributed by atoms with E-state index in [9.17, 15) is 13.2 Å². The fourth-order valence-corrected chi connectivity index (χ4v) is 3.50. The molecule has 0 aromatic heterocycles. The number of hydrogen-bond acceptors (Lipinski definition) is 4. The maximum Gasteiger partial charge on any atom is 0.232 e. The second kappa shape index (κ2) is 6.96. The lowest BCUT2D eigenvalue weighted by Crippen LogP contribution is -2.40. The fraction of sp³-hybridized carbons (Fsp3) is 0.462. The van der Waals surface area contributed by atoms with Gasteiger partial charge in [0.2, 0.25) is 5.91 Å². The third-order valence-corrected chi connectivity index (χ3v) is 4.79. The van der Waals surface area contributed by atoms with Gasteiger partial charge in [-0.25, -0.2) is 8.42 Å². The molecule has 0 bridgehead atoms. The third-order valence-electron chi connectivity index (χ3n) is 2.70. The van der Waals surface area contributed by atoms with Crippen molar-refractivity contribution in [3.63, 3.8) is 0 Å². The molecule has 1 aromatic carbocycles. The number of carbonyl (C=O) groups excluding carboxylic acids is 1. The monoisotopic (exact) mass is 301 g/mol. The number of thioether (sulfide) groups is 1. The summed E-state index contributed by atoms with van der Waals surface area (Å²) in [5.74, 6) is 0.241. The molecule has 19 heavy (non-hydrogen) atoms. The van der Waals surface area contributed by atoms with Crippen LogP contribution in [0, 0.1) is 0 Å². The Bertz CT molecular complexity index is 514. The molecular weight excluding hydrogens is 282 g/mol. The highest BCUT2D eigenvalue weighted by Gasteiger charge is 2.19. The molecule has 0 radical (unpaired) electrons. The second-order valence-corrected chi connectivity index (χ2v) is 7.78. The molecule has 0 unspecified atom stereocenters. The Morgan fingerprint density at radius 1 is 1.32 bits per heavy atom. The van der Waals surface area contributed by atoms with Crippen LogP contribution in [-0.4, -0.2) is 50.1 Å². The highest BCUT2D eigenvalue weighted by atomic mass is 32.2. The van der Waals surface area contributed by atoms with Gasteiger partial charge in [-0.05, 0) is 19.1 Å². The minimum absolute atomic E-state index is 0.00869. The molecule has 1 aromatic rings. The lowest BCUT2D eigenvalue weighted by molar-refractivity contribution is -0.128. The summed E-state index contributed by atoms with van der Waals surface area (Å²) in [6.45, 7) is 1.74. The number of nitrogens with zero attached hydrogens (tertiary/aromatic N) is 1. The predicted molar refractivity (Wildman–Crippen MR) is 79.1 cm³/mol. The van der Waals surface area contributed by atoms with Crippen LogP contribution in [0.3, 0.4) is 0 Å². The summed E-state index contributed by atoms with van der Waals surface area (Å²) in [4.78, 5) is 14.5. The maximum absolute atomic E-state index is 12.0. The Labute approximate surface area is 119 Å². The van der Waals surface area contributed by atoms with Crippen molar-refractivity contribution in [1.82, 2.24) is 4.90 Å². The first-order valence-corrected chi connectivity index (χ1v) is 8.95. The zero-order chi connectivity index (χ0) is 14.5. The van der Waals surface area contributed by atoms with Crippen LogP contribution in [-0.2, 0) is 14.6 Å². The van der Waals surface area contributed by atoms with E-state index >= 15 is 0 Å². The largest absolute Gasteiger partial charge is 0.341 e. The molecule has 0 fully saturated rings. The lowest BCUT2D eigenvalue weighted by atomic mass is 10.3. The first-order valence-electron chi connectivity index (χ1n) is 5.91. The van der Waals surface area contributed by atoms with Crippen LogP contribution >= 0.6 is 11.8 Å². The van der Waals surface area contributed by atoms with Gasteiger partial charge >= 0.3 is 0 Å². The third kappa shape index (κ3) is 6.11. The van der Waals surface area contributed by atoms with Crippen LogP contribution in [0.5, 0.6) is 0 Å². The molecule has 0 heterocycles. The van der Waals surface area contributed by atoms with Crippen molar-refractivity contribution >= 4 is 27.5 Å². The van der Waals surface area contributed by atoms with Crippen molar-refractivity contribution < 1.29 is 13.2 Å². The Morgan fingerprint density at radius 3 is 2.42 bits per heavy atom. The van der Waals surface area contributed by atoms with E-state index in [1.807, 2.05) is 30.3 Å². The van der Waals surface area contributed by atoms with E-state index in [4.69, 9.17) is 0 Å². The summed E-state index contributed by atoms with van der Waals surface area (Å²) in [6.07, 6.45) is 1.18. The van der Waals surface area contributed by atoms with Crippen molar-refractivity contribution in [3.8, 4) is 0 Å². The molecule has 0 aliphatic heterocycles. The van der Waals surface area contributed by atoms with Crippen molar-refractivity contribution in [2.75, 3.05) is 24.8 Å². The van der Waals surface area contributed by atoms with Crippen LogP contribution < -0.4 is 0 Å². The van der Waals surface area contributed by atoms with Crippen LogP contribution in [0.25, 0.3) is 0 Å². The summed E-state index contributed by atoms with van der Waals surface area (Å²) < 4.78 is 22.4. The van der Waals surface area contributed by atoms with Gasteiger partial charge in [0.15, 0.2) is 0 Å². The highest BCUT2D eigenvalue weighted by molar-refractivity contribution is 8.00. The predicted octanol–water partition coefficient (Wildman–Crippen LogP) is 1.67. The molecule has 6 heteroatoms. The van der Waals surface area contributed by atoms with Gasteiger partial charge in [-0.1, -0.05) is 18.2 Å². The van der Waals surface area contributed by atoms with Crippen LogP contribution in [0.2, 0.25) is 0 Å². The minimum atomic E-state index is -3.07. The van der Waals surface area contributed by atoms with E-state index in [-0.39, 0.29) is 17.7 Å². The van der Waals surface area contributed by atoms with Gasteiger partial charge < -0.3 is 4.90 Å². The topological polar surface area (TPSA) is 54.5 Å². The van der Waals surface area contributed by atoms with E-state index in [1.165, 1.54) is 22.9 Å². The molecule has 4 nitrogen and oxygen atoms in total. The van der Waals surface area contributed by atoms with Gasteiger partial charge in [0.1, 0.15) is 9.84 Å². The fourth-order valence-electron chi connectivity index (χ4n) is 1.56. The normalized spacial score (nSPS) is 13.0. The van der Waals surface area contributed by atoms with Gasteiger partial charge in [-0.3, -0.25) is 4.79 Å². The zero-order valence-electron chi connectivity index (χ0n) is 11.4. The van der Waals surface area contributed by atoms with E-state index < -0.39 is 9.84 Å². The molecular formula is C13H19NO3S2.